The number of sulfonamides is 1. The lowest BCUT2D eigenvalue weighted by Gasteiger charge is -2.18. The standard InChI is InChI=1S/C13H13N3O2S/c1-13(2,9-14)16-19(17,18)12-7-3-6-11-10(12)5-4-8-15-11/h3-8,16H,1-2H3. The van der Waals surface area contributed by atoms with Gasteiger partial charge < -0.3 is 0 Å². The number of nitriles is 1. The molecule has 6 heteroatoms. The van der Waals surface area contributed by atoms with Gasteiger partial charge in [0.1, 0.15) is 5.54 Å². The molecule has 2 aromatic rings. The first-order valence-corrected chi connectivity index (χ1v) is 7.13. The summed E-state index contributed by atoms with van der Waals surface area (Å²) in [7, 11) is -3.77. The van der Waals surface area contributed by atoms with E-state index in [1.807, 2.05) is 6.07 Å². The van der Waals surface area contributed by atoms with Gasteiger partial charge >= 0.3 is 0 Å². The number of nitrogens with zero attached hydrogens (tertiary/aromatic N) is 2. The number of aromatic nitrogens is 1. The third-order valence-corrected chi connectivity index (χ3v) is 4.28. The first kappa shape index (κ1) is 13.5. The zero-order valence-corrected chi connectivity index (χ0v) is 11.4. The fraction of sp³-hybridized carbons (Fsp3) is 0.231. The molecule has 1 aromatic carbocycles. The number of hydrogen-bond donors (Lipinski definition) is 1. The zero-order valence-electron chi connectivity index (χ0n) is 10.6. The fourth-order valence-electron chi connectivity index (χ4n) is 1.72. The molecule has 19 heavy (non-hydrogen) atoms. The summed E-state index contributed by atoms with van der Waals surface area (Å²) in [5, 5.41) is 9.46. The highest BCUT2D eigenvalue weighted by Gasteiger charge is 2.27. The minimum Gasteiger partial charge on any atom is -0.256 e. The van der Waals surface area contributed by atoms with E-state index in [1.54, 1.807) is 30.5 Å². The van der Waals surface area contributed by atoms with Gasteiger partial charge in [-0.15, -0.1) is 0 Å². The normalized spacial score (nSPS) is 12.3. The van der Waals surface area contributed by atoms with Crippen LogP contribution in [0.4, 0.5) is 0 Å². The van der Waals surface area contributed by atoms with Gasteiger partial charge in [-0.2, -0.15) is 9.98 Å². The molecular weight excluding hydrogens is 262 g/mol. The van der Waals surface area contributed by atoms with E-state index in [9.17, 15) is 8.42 Å². The van der Waals surface area contributed by atoms with Gasteiger partial charge in [-0.05, 0) is 38.1 Å². The summed E-state index contributed by atoms with van der Waals surface area (Å²) in [6.45, 7) is 3.02. The van der Waals surface area contributed by atoms with Gasteiger partial charge in [0.25, 0.3) is 0 Å². The average Bonchev–Trinajstić information content (AvgIpc) is 2.37. The van der Waals surface area contributed by atoms with Gasteiger partial charge in [-0.1, -0.05) is 6.07 Å². The summed E-state index contributed by atoms with van der Waals surface area (Å²) in [6.07, 6.45) is 1.60. The zero-order chi connectivity index (χ0) is 14.1. The molecule has 0 bridgehead atoms. The molecule has 2 rings (SSSR count). The van der Waals surface area contributed by atoms with Crippen molar-refractivity contribution in [1.29, 1.82) is 5.26 Å². The maximum atomic E-state index is 12.3. The van der Waals surface area contributed by atoms with Crippen LogP contribution in [0.5, 0.6) is 0 Å². The van der Waals surface area contributed by atoms with E-state index in [0.717, 1.165) is 0 Å². The van der Waals surface area contributed by atoms with Crippen LogP contribution in [0.1, 0.15) is 13.8 Å². The number of hydrogen-bond acceptors (Lipinski definition) is 4. The molecule has 0 aliphatic carbocycles. The van der Waals surface area contributed by atoms with Crippen LogP contribution < -0.4 is 4.72 Å². The van der Waals surface area contributed by atoms with Gasteiger partial charge in [0, 0.05) is 11.6 Å². The third-order valence-electron chi connectivity index (χ3n) is 2.56. The van der Waals surface area contributed by atoms with Crippen LogP contribution in [0.3, 0.4) is 0 Å². The van der Waals surface area contributed by atoms with E-state index in [2.05, 4.69) is 9.71 Å². The second-order valence-electron chi connectivity index (χ2n) is 4.67. The Labute approximate surface area is 111 Å². The number of pyridine rings is 1. The van der Waals surface area contributed by atoms with Crippen LogP contribution in [0.25, 0.3) is 10.9 Å². The molecule has 1 N–H and O–H groups in total. The van der Waals surface area contributed by atoms with Crippen molar-refractivity contribution in [2.75, 3.05) is 0 Å². The Bertz CT molecular complexity index is 756. The molecule has 0 unspecified atom stereocenters. The molecule has 0 aliphatic heterocycles. The van der Waals surface area contributed by atoms with Gasteiger partial charge in [0.2, 0.25) is 10.0 Å². The van der Waals surface area contributed by atoms with E-state index >= 15 is 0 Å². The summed E-state index contributed by atoms with van der Waals surface area (Å²) in [5.41, 5.74) is -0.566. The van der Waals surface area contributed by atoms with E-state index in [-0.39, 0.29) is 4.90 Å². The highest BCUT2D eigenvalue weighted by Crippen LogP contribution is 2.22. The summed E-state index contributed by atoms with van der Waals surface area (Å²) in [4.78, 5) is 4.24. The van der Waals surface area contributed by atoms with Crippen LogP contribution in [-0.2, 0) is 10.0 Å². The van der Waals surface area contributed by atoms with Crippen molar-refractivity contribution >= 4 is 20.9 Å². The Balaban J connectivity index is 2.59. The Morgan fingerprint density at radius 2 is 2.00 bits per heavy atom. The number of rotatable bonds is 3. The minimum absolute atomic E-state index is 0.126. The highest BCUT2D eigenvalue weighted by atomic mass is 32.2. The molecule has 0 fully saturated rings. The minimum atomic E-state index is -3.77. The van der Waals surface area contributed by atoms with Crippen molar-refractivity contribution in [3.8, 4) is 6.07 Å². The van der Waals surface area contributed by atoms with Crippen molar-refractivity contribution in [3.63, 3.8) is 0 Å². The maximum Gasteiger partial charge on any atom is 0.242 e. The highest BCUT2D eigenvalue weighted by molar-refractivity contribution is 7.89. The summed E-state index contributed by atoms with van der Waals surface area (Å²) >= 11 is 0. The fourth-order valence-corrected chi connectivity index (χ4v) is 3.27. The SMILES string of the molecule is CC(C)(C#N)NS(=O)(=O)c1cccc2ncccc12. The van der Waals surface area contributed by atoms with E-state index in [0.29, 0.717) is 10.9 Å². The predicted octanol–water partition coefficient (Wildman–Crippen LogP) is 1.82. The molecule has 0 spiro atoms. The topological polar surface area (TPSA) is 82.9 Å². The van der Waals surface area contributed by atoms with Crippen molar-refractivity contribution < 1.29 is 8.42 Å². The second-order valence-corrected chi connectivity index (χ2v) is 6.32. The molecular formula is C13H13N3O2S. The van der Waals surface area contributed by atoms with Crippen LogP contribution in [0.2, 0.25) is 0 Å². The predicted molar refractivity (Wildman–Crippen MR) is 71.8 cm³/mol. The first-order valence-electron chi connectivity index (χ1n) is 5.65. The first-order chi connectivity index (χ1) is 8.86. The Morgan fingerprint density at radius 1 is 1.26 bits per heavy atom. The van der Waals surface area contributed by atoms with Crippen LogP contribution in [-0.4, -0.2) is 18.9 Å². The molecule has 0 amide bonds. The summed E-state index contributed by atoms with van der Waals surface area (Å²) in [5.74, 6) is 0. The van der Waals surface area contributed by atoms with Crippen molar-refractivity contribution in [2.24, 2.45) is 0 Å². The summed E-state index contributed by atoms with van der Waals surface area (Å²) in [6, 6.07) is 10.1. The molecule has 1 heterocycles. The Kier molecular flexibility index (Phi) is 3.27. The quantitative estimate of drug-likeness (QED) is 0.926. The molecule has 0 aliphatic rings. The molecule has 0 saturated heterocycles. The van der Waals surface area contributed by atoms with Gasteiger partial charge in [0.05, 0.1) is 16.5 Å². The van der Waals surface area contributed by atoms with E-state index < -0.39 is 15.6 Å². The maximum absolute atomic E-state index is 12.3. The number of fused-ring (bicyclic) bond motifs is 1. The lowest BCUT2D eigenvalue weighted by atomic mass is 10.1. The molecule has 98 valence electrons. The average molecular weight is 275 g/mol. The van der Waals surface area contributed by atoms with Crippen LogP contribution in [0.15, 0.2) is 41.4 Å². The van der Waals surface area contributed by atoms with Gasteiger partial charge in [0.15, 0.2) is 0 Å². The van der Waals surface area contributed by atoms with Crippen molar-refractivity contribution in [2.45, 2.75) is 24.3 Å². The van der Waals surface area contributed by atoms with Crippen LogP contribution >= 0.6 is 0 Å². The Hall–Kier alpha value is -1.97. The van der Waals surface area contributed by atoms with Gasteiger partial charge in [-0.25, -0.2) is 8.42 Å². The molecule has 0 atom stereocenters. The second kappa shape index (κ2) is 4.61. The third kappa shape index (κ3) is 2.72. The molecule has 1 aromatic heterocycles. The summed E-state index contributed by atoms with van der Waals surface area (Å²) < 4.78 is 27.0. The molecule has 5 nitrogen and oxygen atoms in total. The lowest BCUT2D eigenvalue weighted by molar-refractivity contribution is 0.536. The van der Waals surface area contributed by atoms with Crippen molar-refractivity contribution in [1.82, 2.24) is 9.71 Å². The number of nitrogens with one attached hydrogen (secondary N) is 1. The van der Waals surface area contributed by atoms with E-state index in [4.69, 9.17) is 5.26 Å². The van der Waals surface area contributed by atoms with Crippen molar-refractivity contribution in [3.05, 3.63) is 36.5 Å². The van der Waals surface area contributed by atoms with Gasteiger partial charge in [-0.3, -0.25) is 4.98 Å². The monoisotopic (exact) mass is 275 g/mol. The largest absolute Gasteiger partial charge is 0.256 e. The molecule has 0 saturated carbocycles. The number of benzene rings is 1. The smallest absolute Gasteiger partial charge is 0.242 e. The Morgan fingerprint density at radius 3 is 2.68 bits per heavy atom. The van der Waals surface area contributed by atoms with Crippen LogP contribution in [0, 0.1) is 11.3 Å². The van der Waals surface area contributed by atoms with E-state index in [1.165, 1.54) is 19.9 Å². The lowest BCUT2D eigenvalue weighted by Crippen LogP contribution is -2.42. The molecule has 0 radical (unpaired) electrons.